The molecule has 1 N–H and O–H groups in total. The quantitative estimate of drug-likeness (QED) is 0.890. The third-order valence-electron chi connectivity index (χ3n) is 3.30. The van der Waals surface area contributed by atoms with Gasteiger partial charge in [0, 0.05) is 12.5 Å². The minimum Gasteiger partial charge on any atom is -0.274 e. The summed E-state index contributed by atoms with van der Waals surface area (Å²) in [7, 11) is -3.82. The van der Waals surface area contributed by atoms with Gasteiger partial charge in [-0.1, -0.05) is 25.1 Å². The van der Waals surface area contributed by atoms with Crippen LogP contribution < -0.4 is 9.03 Å². The van der Waals surface area contributed by atoms with Crippen LogP contribution in [0.4, 0.5) is 5.69 Å². The lowest BCUT2D eigenvalue weighted by Gasteiger charge is -2.22. The summed E-state index contributed by atoms with van der Waals surface area (Å²) < 4.78 is 27.8. The molecule has 2 rings (SSSR count). The number of benzene rings is 1. The van der Waals surface area contributed by atoms with Gasteiger partial charge in [-0.05, 0) is 31.4 Å². The Labute approximate surface area is 113 Å². The molecular weight excluding hydrogens is 264 g/mol. The fraction of sp³-hybridized carbons (Fsp3) is 0.462. The summed E-state index contributed by atoms with van der Waals surface area (Å²) in [5, 5.41) is 0. The maximum absolute atomic E-state index is 12.2. The number of para-hydroxylation sites is 1. The van der Waals surface area contributed by atoms with Crippen LogP contribution >= 0.6 is 0 Å². The summed E-state index contributed by atoms with van der Waals surface area (Å²) in [5.74, 6) is -0.284. The van der Waals surface area contributed by atoms with Crippen molar-refractivity contribution < 1.29 is 13.2 Å². The molecule has 0 heterocycles. The van der Waals surface area contributed by atoms with E-state index in [9.17, 15) is 13.2 Å². The van der Waals surface area contributed by atoms with Crippen LogP contribution in [0.5, 0.6) is 0 Å². The molecule has 2 atom stereocenters. The number of nitrogens with zero attached hydrogens (tertiary/aromatic N) is 1. The predicted molar refractivity (Wildman–Crippen MR) is 73.8 cm³/mol. The molecule has 0 radical (unpaired) electrons. The molecule has 0 aromatic heterocycles. The SMILES string of the molecule is CCN(c1ccccc1)S(=O)(=O)NC(=O)[C@@H]1C[C@@H]1C. The van der Waals surface area contributed by atoms with Gasteiger partial charge in [-0.3, -0.25) is 9.10 Å². The Balaban J connectivity index is 2.15. The van der Waals surface area contributed by atoms with Crippen LogP contribution in [0.25, 0.3) is 0 Å². The Hall–Kier alpha value is -1.56. The van der Waals surface area contributed by atoms with Gasteiger partial charge in [0.15, 0.2) is 0 Å². The zero-order chi connectivity index (χ0) is 14.0. The second kappa shape index (κ2) is 5.21. The van der Waals surface area contributed by atoms with Gasteiger partial charge in [0.2, 0.25) is 5.91 Å². The normalized spacial score (nSPS) is 21.8. The molecule has 19 heavy (non-hydrogen) atoms. The molecule has 1 aromatic carbocycles. The van der Waals surface area contributed by atoms with Crippen LogP contribution in [0, 0.1) is 11.8 Å². The highest BCUT2D eigenvalue weighted by Gasteiger charge is 2.41. The van der Waals surface area contributed by atoms with E-state index in [4.69, 9.17) is 0 Å². The molecule has 0 bridgehead atoms. The van der Waals surface area contributed by atoms with Crippen molar-refractivity contribution in [2.24, 2.45) is 11.8 Å². The number of rotatable bonds is 5. The van der Waals surface area contributed by atoms with Crippen LogP contribution in [0.1, 0.15) is 20.3 Å². The summed E-state index contributed by atoms with van der Waals surface area (Å²) in [6, 6.07) is 8.74. The molecule has 1 amide bonds. The van der Waals surface area contributed by atoms with Crippen LogP contribution in [0.2, 0.25) is 0 Å². The van der Waals surface area contributed by atoms with E-state index in [-0.39, 0.29) is 18.4 Å². The van der Waals surface area contributed by atoms with E-state index in [1.165, 1.54) is 4.31 Å². The van der Waals surface area contributed by atoms with E-state index < -0.39 is 16.1 Å². The van der Waals surface area contributed by atoms with Crippen molar-refractivity contribution in [2.75, 3.05) is 10.8 Å². The molecule has 1 fully saturated rings. The molecule has 1 aliphatic rings. The van der Waals surface area contributed by atoms with Crippen molar-refractivity contribution in [3.63, 3.8) is 0 Å². The Morgan fingerprint density at radius 1 is 1.37 bits per heavy atom. The molecular formula is C13H18N2O3S. The zero-order valence-electron chi connectivity index (χ0n) is 11.0. The highest BCUT2D eigenvalue weighted by molar-refractivity contribution is 7.91. The first-order valence-electron chi connectivity index (χ1n) is 6.35. The highest BCUT2D eigenvalue weighted by atomic mass is 32.2. The third kappa shape index (κ3) is 3.07. The smallest absolute Gasteiger partial charge is 0.274 e. The van der Waals surface area contributed by atoms with Gasteiger partial charge >= 0.3 is 10.2 Å². The zero-order valence-corrected chi connectivity index (χ0v) is 11.9. The first kappa shape index (κ1) is 13.9. The first-order valence-corrected chi connectivity index (χ1v) is 7.79. The Morgan fingerprint density at radius 2 is 1.95 bits per heavy atom. The number of carbonyl (C=O) groups excluding carboxylic acids is 1. The van der Waals surface area contributed by atoms with E-state index >= 15 is 0 Å². The van der Waals surface area contributed by atoms with Gasteiger partial charge < -0.3 is 0 Å². The Kier molecular flexibility index (Phi) is 3.80. The summed E-state index contributed by atoms with van der Waals surface area (Å²) in [5.41, 5.74) is 0.550. The first-order chi connectivity index (χ1) is 8.95. The molecule has 1 saturated carbocycles. The van der Waals surface area contributed by atoms with E-state index in [1.54, 1.807) is 31.2 Å². The van der Waals surface area contributed by atoms with E-state index in [0.29, 0.717) is 5.69 Å². The molecule has 104 valence electrons. The number of hydrogen-bond donors (Lipinski definition) is 1. The van der Waals surface area contributed by atoms with Crippen LogP contribution in [0.15, 0.2) is 30.3 Å². The lowest BCUT2D eigenvalue weighted by Crippen LogP contribution is -2.44. The summed E-state index contributed by atoms with van der Waals surface area (Å²) in [6.45, 7) is 3.94. The van der Waals surface area contributed by atoms with Crippen molar-refractivity contribution >= 4 is 21.8 Å². The maximum atomic E-state index is 12.2. The van der Waals surface area contributed by atoms with Gasteiger partial charge in [-0.25, -0.2) is 4.72 Å². The van der Waals surface area contributed by atoms with Crippen LogP contribution in [0.3, 0.4) is 0 Å². The van der Waals surface area contributed by atoms with Gasteiger partial charge in [0.25, 0.3) is 0 Å². The van der Waals surface area contributed by atoms with Crippen molar-refractivity contribution in [3.05, 3.63) is 30.3 Å². The van der Waals surface area contributed by atoms with Crippen molar-refractivity contribution in [1.29, 1.82) is 0 Å². The standard InChI is InChI=1S/C13H18N2O3S/c1-3-15(11-7-5-4-6-8-11)19(17,18)14-13(16)12-9-10(12)2/h4-8,10,12H,3,9H2,1-2H3,(H,14,16)/t10-,12+/m0/s1. The predicted octanol–water partition coefficient (Wildman–Crippen LogP) is 1.53. The monoisotopic (exact) mass is 282 g/mol. The molecule has 0 spiro atoms. The molecule has 6 heteroatoms. The van der Waals surface area contributed by atoms with Crippen LogP contribution in [-0.4, -0.2) is 20.9 Å². The number of hydrogen-bond acceptors (Lipinski definition) is 3. The van der Waals surface area contributed by atoms with Gasteiger partial charge in [-0.2, -0.15) is 8.42 Å². The second-order valence-electron chi connectivity index (χ2n) is 4.79. The van der Waals surface area contributed by atoms with Crippen molar-refractivity contribution in [1.82, 2.24) is 4.72 Å². The number of amides is 1. The van der Waals surface area contributed by atoms with Crippen molar-refractivity contribution in [2.45, 2.75) is 20.3 Å². The van der Waals surface area contributed by atoms with Gasteiger partial charge in [0.05, 0.1) is 5.69 Å². The van der Waals surface area contributed by atoms with E-state index in [0.717, 1.165) is 6.42 Å². The van der Waals surface area contributed by atoms with Gasteiger partial charge in [0.1, 0.15) is 0 Å². The molecule has 0 aliphatic heterocycles. The second-order valence-corrected chi connectivity index (χ2v) is 6.39. The molecule has 1 aromatic rings. The fourth-order valence-electron chi connectivity index (χ4n) is 2.03. The summed E-state index contributed by atoms with van der Waals surface area (Å²) in [4.78, 5) is 11.8. The Bertz CT molecular complexity index is 557. The van der Waals surface area contributed by atoms with Gasteiger partial charge in [-0.15, -0.1) is 0 Å². The average molecular weight is 282 g/mol. The molecule has 0 unspecified atom stereocenters. The number of carbonyl (C=O) groups is 1. The third-order valence-corrected chi connectivity index (χ3v) is 4.81. The topological polar surface area (TPSA) is 66.5 Å². The summed E-state index contributed by atoms with van der Waals surface area (Å²) >= 11 is 0. The van der Waals surface area contributed by atoms with E-state index in [1.807, 2.05) is 13.0 Å². The minimum absolute atomic E-state index is 0.163. The maximum Gasteiger partial charge on any atom is 0.326 e. The number of anilines is 1. The average Bonchev–Trinajstić information content (AvgIpc) is 3.08. The summed E-state index contributed by atoms with van der Waals surface area (Å²) in [6.07, 6.45) is 0.763. The molecule has 1 aliphatic carbocycles. The minimum atomic E-state index is -3.82. The molecule has 5 nitrogen and oxygen atoms in total. The van der Waals surface area contributed by atoms with Crippen LogP contribution in [-0.2, 0) is 15.0 Å². The lowest BCUT2D eigenvalue weighted by molar-refractivity contribution is -0.120. The largest absolute Gasteiger partial charge is 0.326 e. The lowest BCUT2D eigenvalue weighted by atomic mass is 10.3. The highest BCUT2D eigenvalue weighted by Crippen LogP contribution is 2.37. The van der Waals surface area contributed by atoms with Crippen molar-refractivity contribution in [3.8, 4) is 0 Å². The number of nitrogens with one attached hydrogen (secondary N) is 1. The fourth-order valence-corrected chi connectivity index (χ4v) is 3.29. The van der Waals surface area contributed by atoms with E-state index in [2.05, 4.69) is 4.72 Å². The molecule has 0 saturated heterocycles. The Morgan fingerprint density at radius 3 is 2.42 bits per heavy atom.